The van der Waals surface area contributed by atoms with Crippen molar-refractivity contribution in [2.45, 2.75) is 25.8 Å². The SMILES string of the molecule is COc1ccc(CCNC(=NCC(=O)N(C)C)NCC(C)(C)N2CCOCC2)cc1. The van der Waals surface area contributed by atoms with Gasteiger partial charge in [0.05, 0.1) is 20.3 Å². The number of ether oxygens (including phenoxy) is 2. The minimum Gasteiger partial charge on any atom is -0.497 e. The van der Waals surface area contributed by atoms with Crippen molar-refractivity contribution in [3.63, 3.8) is 0 Å². The van der Waals surface area contributed by atoms with Crippen LogP contribution in [-0.2, 0) is 16.0 Å². The normalized spacial score (nSPS) is 15.6. The van der Waals surface area contributed by atoms with Crippen LogP contribution in [0.1, 0.15) is 19.4 Å². The quantitative estimate of drug-likeness (QED) is 0.459. The number of hydrogen-bond acceptors (Lipinski definition) is 5. The summed E-state index contributed by atoms with van der Waals surface area (Å²) < 4.78 is 10.7. The van der Waals surface area contributed by atoms with Crippen molar-refractivity contribution >= 4 is 11.9 Å². The Bertz CT molecular complexity index is 683. The molecule has 30 heavy (non-hydrogen) atoms. The first-order chi connectivity index (χ1) is 14.3. The molecule has 0 atom stereocenters. The highest BCUT2D eigenvalue weighted by molar-refractivity contribution is 5.84. The fourth-order valence-electron chi connectivity index (χ4n) is 3.16. The number of benzene rings is 1. The molecule has 1 aliphatic rings. The number of morpholine rings is 1. The Balaban J connectivity index is 1.93. The van der Waals surface area contributed by atoms with Gasteiger partial charge >= 0.3 is 0 Å². The Kier molecular flexibility index (Phi) is 9.39. The van der Waals surface area contributed by atoms with Crippen molar-refractivity contribution in [2.75, 3.05) is 67.1 Å². The summed E-state index contributed by atoms with van der Waals surface area (Å²) in [5, 5.41) is 6.78. The lowest BCUT2D eigenvalue weighted by Crippen LogP contribution is -2.56. The zero-order valence-corrected chi connectivity index (χ0v) is 19.0. The van der Waals surface area contributed by atoms with Gasteiger partial charge in [-0.2, -0.15) is 0 Å². The number of rotatable bonds is 9. The smallest absolute Gasteiger partial charge is 0.243 e. The zero-order chi connectivity index (χ0) is 22.0. The van der Waals surface area contributed by atoms with Crippen molar-refractivity contribution in [3.8, 4) is 5.75 Å². The third-order valence-corrected chi connectivity index (χ3v) is 5.29. The standard InChI is InChI=1S/C22H37N5O3/c1-22(2,27-12-14-30-15-13-27)17-25-21(24-16-20(28)26(3)4)23-11-10-18-6-8-19(29-5)9-7-18/h6-9H,10-17H2,1-5H3,(H2,23,24,25). The molecule has 0 saturated carbocycles. The Labute approximate surface area is 180 Å². The second-order valence-electron chi connectivity index (χ2n) is 8.24. The summed E-state index contributed by atoms with van der Waals surface area (Å²) in [5.41, 5.74) is 1.16. The Morgan fingerprint density at radius 2 is 1.87 bits per heavy atom. The van der Waals surface area contributed by atoms with Crippen LogP contribution in [0.15, 0.2) is 29.3 Å². The maximum absolute atomic E-state index is 12.0. The lowest BCUT2D eigenvalue weighted by atomic mass is 10.0. The molecule has 0 bridgehead atoms. The highest BCUT2D eigenvalue weighted by Crippen LogP contribution is 2.15. The van der Waals surface area contributed by atoms with Gasteiger partial charge in [-0.15, -0.1) is 0 Å². The second-order valence-corrected chi connectivity index (χ2v) is 8.24. The number of carbonyl (C=O) groups excluding carboxylic acids is 1. The third kappa shape index (κ3) is 7.84. The van der Waals surface area contributed by atoms with E-state index in [-0.39, 0.29) is 18.0 Å². The summed E-state index contributed by atoms with van der Waals surface area (Å²) in [6, 6.07) is 8.04. The van der Waals surface area contributed by atoms with Crippen LogP contribution in [0.3, 0.4) is 0 Å². The summed E-state index contributed by atoms with van der Waals surface area (Å²) in [6.45, 7) is 9.35. The first-order valence-electron chi connectivity index (χ1n) is 10.5. The number of carbonyl (C=O) groups is 1. The fraction of sp³-hybridized carbons (Fsp3) is 0.636. The minimum atomic E-state index is -0.0478. The molecular weight excluding hydrogens is 382 g/mol. The predicted octanol–water partition coefficient (Wildman–Crippen LogP) is 0.972. The Morgan fingerprint density at radius 1 is 1.20 bits per heavy atom. The molecule has 1 aliphatic heterocycles. The molecule has 0 spiro atoms. The van der Waals surface area contributed by atoms with E-state index in [4.69, 9.17) is 9.47 Å². The molecule has 1 aromatic carbocycles. The predicted molar refractivity (Wildman–Crippen MR) is 120 cm³/mol. The van der Waals surface area contributed by atoms with Crippen molar-refractivity contribution in [1.82, 2.24) is 20.4 Å². The largest absolute Gasteiger partial charge is 0.497 e. The van der Waals surface area contributed by atoms with Crippen molar-refractivity contribution in [3.05, 3.63) is 29.8 Å². The maximum atomic E-state index is 12.0. The molecule has 0 aromatic heterocycles. The van der Waals surface area contributed by atoms with Crippen molar-refractivity contribution in [1.29, 1.82) is 0 Å². The molecule has 1 saturated heterocycles. The number of aliphatic imine (C=N–C) groups is 1. The first-order valence-corrected chi connectivity index (χ1v) is 10.5. The monoisotopic (exact) mass is 419 g/mol. The molecule has 2 N–H and O–H groups in total. The van der Waals surface area contributed by atoms with Crippen LogP contribution in [0, 0.1) is 0 Å². The lowest BCUT2D eigenvalue weighted by Gasteiger charge is -2.41. The van der Waals surface area contributed by atoms with E-state index in [0.29, 0.717) is 12.5 Å². The van der Waals surface area contributed by atoms with E-state index in [0.717, 1.165) is 45.0 Å². The minimum absolute atomic E-state index is 0.0290. The topological polar surface area (TPSA) is 78.4 Å². The van der Waals surface area contributed by atoms with Crippen LogP contribution in [-0.4, -0.2) is 94.3 Å². The molecule has 1 heterocycles. The number of hydrogen-bond donors (Lipinski definition) is 2. The van der Waals surface area contributed by atoms with Gasteiger partial charge in [0.15, 0.2) is 5.96 Å². The van der Waals surface area contributed by atoms with E-state index in [1.165, 1.54) is 5.56 Å². The van der Waals surface area contributed by atoms with Gasteiger partial charge in [-0.1, -0.05) is 12.1 Å². The van der Waals surface area contributed by atoms with Gasteiger partial charge in [0.1, 0.15) is 12.3 Å². The summed E-state index contributed by atoms with van der Waals surface area (Å²) in [6.07, 6.45) is 0.846. The maximum Gasteiger partial charge on any atom is 0.243 e. The summed E-state index contributed by atoms with van der Waals surface area (Å²) in [5.74, 6) is 1.47. The zero-order valence-electron chi connectivity index (χ0n) is 19.0. The van der Waals surface area contributed by atoms with E-state index in [2.05, 4.69) is 46.5 Å². The lowest BCUT2D eigenvalue weighted by molar-refractivity contribution is -0.127. The number of guanidine groups is 1. The molecule has 0 unspecified atom stereocenters. The summed E-state index contributed by atoms with van der Waals surface area (Å²) in [4.78, 5) is 20.4. The summed E-state index contributed by atoms with van der Waals surface area (Å²) in [7, 11) is 5.14. The van der Waals surface area contributed by atoms with E-state index in [9.17, 15) is 4.79 Å². The Morgan fingerprint density at radius 3 is 2.47 bits per heavy atom. The van der Waals surface area contributed by atoms with Gasteiger partial charge in [0.25, 0.3) is 0 Å². The van der Waals surface area contributed by atoms with Crippen LogP contribution in [0.5, 0.6) is 5.75 Å². The van der Waals surface area contributed by atoms with Crippen LogP contribution < -0.4 is 15.4 Å². The highest BCUT2D eigenvalue weighted by Gasteiger charge is 2.28. The third-order valence-electron chi connectivity index (χ3n) is 5.29. The number of likely N-dealkylation sites (N-methyl/N-ethyl adjacent to an activating group) is 1. The molecule has 0 aliphatic carbocycles. The van der Waals surface area contributed by atoms with E-state index >= 15 is 0 Å². The van der Waals surface area contributed by atoms with Gasteiger partial charge in [-0.3, -0.25) is 9.69 Å². The number of amides is 1. The molecule has 1 fully saturated rings. The average molecular weight is 420 g/mol. The Hall–Kier alpha value is -2.32. The van der Waals surface area contributed by atoms with E-state index in [1.54, 1.807) is 26.1 Å². The number of nitrogens with zero attached hydrogens (tertiary/aromatic N) is 3. The molecule has 168 valence electrons. The van der Waals surface area contributed by atoms with Crippen molar-refractivity contribution in [2.24, 2.45) is 4.99 Å². The van der Waals surface area contributed by atoms with Crippen LogP contribution in [0.2, 0.25) is 0 Å². The van der Waals surface area contributed by atoms with Gasteiger partial charge in [0, 0.05) is 45.8 Å². The highest BCUT2D eigenvalue weighted by atomic mass is 16.5. The molecule has 2 rings (SSSR count). The van der Waals surface area contributed by atoms with Crippen LogP contribution in [0.4, 0.5) is 0 Å². The first kappa shape index (κ1) is 24.0. The van der Waals surface area contributed by atoms with Gasteiger partial charge in [-0.05, 0) is 38.0 Å². The average Bonchev–Trinajstić information content (AvgIpc) is 2.76. The molecule has 8 nitrogen and oxygen atoms in total. The van der Waals surface area contributed by atoms with E-state index in [1.807, 2.05) is 12.1 Å². The van der Waals surface area contributed by atoms with Crippen LogP contribution in [0.25, 0.3) is 0 Å². The number of methoxy groups -OCH3 is 1. The number of nitrogens with one attached hydrogen (secondary N) is 2. The molecule has 0 radical (unpaired) electrons. The second kappa shape index (κ2) is 11.8. The molecule has 8 heteroatoms. The van der Waals surface area contributed by atoms with Gasteiger partial charge in [-0.25, -0.2) is 4.99 Å². The fourth-order valence-corrected chi connectivity index (χ4v) is 3.16. The molecule has 1 aromatic rings. The van der Waals surface area contributed by atoms with Crippen LogP contribution >= 0.6 is 0 Å². The summed E-state index contributed by atoms with van der Waals surface area (Å²) >= 11 is 0. The van der Waals surface area contributed by atoms with Gasteiger partial charge in [0.2, 0.25) is 5.91 Å². The molecular formula is C22H37N5O3. The van der Waals surface area contributed by atoms with Gasteiger partial charge < -0.3 is 25.0 Å². The molecule has 1 amide bonds. The van der Waals surface area contributed by atoms with E-state index < -0.39 is 0 Å². The van der Waals surface area contributed by atoms with Crippen molar-refractivity contribution < 1.29 is 14.3 Å².